The van der Waals surface area contributed by atoms with Crippen molar-refractivity contribution in [3.8, 4) is 108 Å². The molecule has 0 unspecified atom stereocenters. The van der Waals surface area contributed by atoms with Crippen LogP contribution in [0.5, 0.6) is 0 Å². The Labute approximate surface area is 518 Å². The molecule has 0 aliphatic heterocycles. The minimum Gasteiger partial charge on any atom is -0.309 e. The van der Waals surface area contributed by atoms with Gasteiger partial charge in [-0.3, -0.25) is 0 Å². The maximum atomic E-state index is 15.0. The van der Waals surface area contributed by atoms with Gasteiger partial charge in [-0.1, -0.05) is 36.4 Å². The first-order valence-corrected chi connectivity index (χ1v) is 27.9. The number of hydrogen-bond donors (Lipinski definition) is 0. The number of fused-ring (bicyclic) bond motifs is 6. The Morgan fingerprint density at radius 3 is 1.08 bits per heavy atom. The molecule has 0 saturated carbocycles. The third kappa shape index (κ3) is 10.1. The van der Waals surface area contributed by atoms with Crippen LogP contribution in [0.2, 0.25) is 0 Å². The molecule has 2 heterocycles. The van der Waals surface area contributed by atoms with Crippen molar-refractivity contribution in [3.05, 3.63) is 285 Å². The number of aryl methyl sites for hydroxylation is 1. The van der Waals surface area contributed by atoms with E-state index in [4.69, 9.17) is 26.3 Å². The topological polar surface area (TPSA) is 146 Å². The van der Waals surface area contributed by atoms with Crippen LogP contribution in [0.4, 0.5) is 35.9 Å². The summed E-state index contributed by atoms with van der Waals surface area (Å²) in [6.45, 7) is 32.9. The van der Waals surface area contributed by atoms with E-state index in [9.17, 15) is 39.5 Å². The molecular weight excluding hydrogens is 1140 g/mol. The minimum absolute atomic E-state index is 0.252. The number of nitrogens with zero attached hydrogens (tertiary/aromatic N) is 11. The molecule has 0 atom stereocenters. The quantitative estimate of drug-likeness (QED) is 0.139. The Morgan fingerprint density at radius 2 is 0.714 bits per heavy atom. The molecule has 11 aromatic carbocycles. The zero-order valence-corrected chi connectivity index (χ0v) is 47.6. The van der Waals surface area contributed by atoms with Gasteiger partial charge in [0.1, 0.15) is 0 Å². The summed E-state index contributed by atoms with van der Waals surface area (Å²) in [5.41, 5.74) is 12.8. The van der Waals surface area contributed by atoms with Gasteiger partial charge in [-0.15, -0.1) is 0 Å². The molecule has 14 heteroatoms. The van der Waals surface area contributed by atoms with Crippen LogP contribution in [0.15, 0.2) is 200 Å². The van der Waals surface area contributed by atoms with Crippen molar-refractivity contribution in [1.29, 1.82) is 26.3 Å². The van der Waals surface area contributed by atoms with Gasteiger partial charge in [-0.25, -0.2) is 19.4 Å². The molecule has 0 aliphatic carbocycles. The van der Waals surface area contributed by atoms with E-state index < -0.39 is 11.7 Å². The van der Waals surface area contributed by atoms with Gasteiger partial charge in [0.15, 0.2) is 22.7 Å². The Bertz CT molecular complexity index is 5400. The highest BCUT2D eigenvalue weighted by Crippen LogP contribution is 2.47. The van der Waals surface area contributed by atoms with Gasteiger partial charge in [0.2, 0.25) is 0 Å². The molecule has 420 valence electrons. The number of aromatic nitrogens is 2. The average molecular weight is 1170 g/mol. The first-order valence-electron chi connectivity index (χ1n) is 27.9. The Hall–Kier alpha value is -13.8. The van der Waals surface area contributed by atoms with E-state index in [-0.39, 0.29) is 33.9 Å². The summed E-state index contributed by atoms with van der Waals surface area (Å²) in [7, 11) is 0. The second-order valence-electron chi connectivity index (χ2n) is 21.7. The lowest BCUT2D eigenvalue weighted by Gasteiger charge is -2.20. The lowest BCUT2D eigenvalue weighted by atomic mass is 9.90. The van der Waals surface area contributed by atoms with Gasteiger partial charge in [0, 0.05) is 55.0 Å². The van der Waals surface area contributed by atoms with Gasteiger partial charge in [-0.05, 0) is 237 Å². The zero-order chi connectivity index (χ0) is 63.4. The third-order valence-electron chi connectivity index (χ3n) is 16.2. The molecule has 13 aromatic rings. The van der Waals surface area contributed by atoms with Gasteiger partial charge in [-0.2, -0.15) is 39.5 Å². The van der Waals surface area contributed by atoms with Crippen LogP contribution in [0, 0.1) is 89.9 Å². The molecule has 0 amide bonds. The maximum Gasteiger partial charge on any atom is 0.416 e. The van der Waals surface area contributed by atoms with Gasteiger partial charge in [0.25, 0.3) is 0 Å². The maximum absolute atomic E-state index is 15.0. The minimum atomic E-state index is -4.71. The van der Waals surface area contributed by atoms with E-state index in [2.05, 4.69) is 49.7 Å². The molecule has 0 saturated heterocycles. The van der Waals surface area contributed by atoms with E-state index in [1.807, 2.05) is 100 Å². The smallest absolute Gasteiger partial charge is 0.309 e. The SMILES string of the molecule is [C-]#[N+]c1cc(C#N)cc(-c2ccc3c(c2)c2cc(-c4cc(C#N)cc([N+]#[C-])c4)ccc2n3-c2ccc(-c3cc(C)cc(C(F)(F)F)c3)c(-c3cc(C#N)ccc3-n3c4ccc(-c5cc(C#N)cc([N+]#[C-])c5)cc4c4cc(-c5cc(C#N)cc([N+]#[C-])c5)ccc43)c2)c1. The number of hydrogen-bond acceptors (Lipinski definition) is 5. The van der Waals surface area contributed by atoms with Crippen LogP contribution in [-0.4, -0.2) is 9.13 Å². The summed E-state index contributed by atoms with van der Waals surface area (Å²) < 4.78 is 49.0. The number of halogens is 3. The highest BCUT2D eigenvalue weighted by Gasteiger charge is 2.32. The summed E-state index contributed by atoms with van der Waals surface area (Å²) in [4.78, 5) is 14.5. The van der Waals surface area contributed by atoms with E-state index in [1.54, 1.807) is 79.7 Å². The predicted molar refractivity (Wildman–Crippen MR) is 346 cm³/mol. The summed E-state index contributed by atoms with van der Waals surface area (Å²) in [5, 5.41) is 53.8. The summed E-state index contributed by atoms with van der Waals surface area (Å²) in [6.07, 6.45) is -4.71. The largest absolute Gasteiger partial charge is 0.416 e. The normalized spacial score (nSPS) is 11.0. The first kappa shape index (κ1) is 56.4. The van der Waals surface area contributed by atoms with Gasteiger partial charge >= 0.3 is 6.18 Å². The Morgan fingerprint density at radius 1 is 0.330 bits per heavy atom. The lowest BCUT2D eigenvalue weighted by Crippen LogP contribution is -2.06. The molecular formula is C77H36F3N11. The van der Waals surface area contributed by atoms with Gasteiger partial charge in [0.05, 0.1) is 95.5 Å². The first-order chi connectivity index (χ1) is 44.1. The summed E-state index contributed by atoms with van der Waals surface area (Å²) in [5.74, 6) is 0. The monoisotopic (exact) mass is 1170 g/mol. The molecule has 0 aliphatic rings. The fourth-order valence-corrected chi connectivity index (χ4v) is 12.2. The standard InChI is InChI=1S/C77H36F3N11/c1-44-18-58(29-59(19-44)77(78,79)80)65-12-11-64(90-72-14-7-50(54-20-46(40-82)24-60(30-54)86-2)34-68(72)69-35-51(8-15-73(69)90)55-21-47(41-83)25-61(31-55)87-3)38-66(65)67-28-45(39-81)6-13-74(67)91-75-16-9-52(56-22-48(42-84)26-62(32-56)88-4)36-70(75)71-37-53(10-17-76(71)91)57-23-49(43-85)27-63(33-57)89-5/h6-38H,1H3. The fraction of sp³-hybridized carbons (Fsp3) is 0.0260. The molecule has 13 rings (SSSR count). The second-order valence-corrected chi connectivity index (χ2v) is 21.7. The average Bonchev–Trinajstić information content (AvgIpc) is 1.63. The molecule has 0 bridgehead atoms. The fourth-order valence-electron chi connectivity index (χ4n) is 12.2. The molecule has 91 heavy (non-hydrogen) atoms. The third-order valence-corrected chi connectivity index (χ3v) is 16.2. The van der Waals surface area contributed by atoms with Crippen LogP contribution in [0.1, 0.15) is 38.9 Å². The molecule has 2 aromatic heterocycles. The van der Waals surface area contributed by atoms with Crippen molar-refractivity contribution in [2.24, 2.45) is 0 Å². The van der Waals surface area contributed by atoms with Gasteiger partial charge < -0.3 is 9.13 Å². The molecule has 11 nitrogen and oxygen atoms in total. The van der Waals surface area contributed by atoms with Crippen molar-refractivity contribution in [3.63, 3.8) is 0 Å². The van der Waals surface area contributed by atoms with Crippen LogP contribution in [0.3, 0.4) is 0 Å². The number of nitriles is 5. The van der Waals surface area contributed by atoms with Crippen molar-refractivity contribution < 1.29 is 13.2 Å². The Balaban J connectivity index is 1.11. The van der Waals surface area contributed by atoms with Crippen LogP contribution >= 0.6 is 0 Å². The van der Waals surface area contributed by atoms with Crippen LogP contribution in [0.25, 0.3) is 141 Å². The highest BCUT2D eigenvalue weighted by molar-refractivity contribution is 6.14. The number of benzene rings is 11. The Kier molecular flexibility index (Phi) is 13.8. The van der Waals surface area contributed by atoms with Crippen molar-refractivity contribution in [2.45, 2.75) is 13.1 Å². The highest BCUT2D eigenvalue weighted by atomic mass is 19.4. The van der Waals surface area contributed by atoms with E-state index in [0.717, 1.165) is 33.7 Å². The zero-order valence-electron chi connectivity index (χ0n) is 47.6. The van der Waals surface area contributed by atoms with E-state index in [1.165, 1.54) is 24.3 Å². The summed E-state index contributed by atoms with van der Waals surface area (Å²) >= 11 is 0. The molecule has 0 radical (unpaired) electrons. The summed E-state index contributed by atoms with van der Waals surface area (Å²) in [6, 6.07) is 68.5. The molecule has 0 spiro atoms. The predicted octanol–water partition coefficient (Wildman–Crippen LogP) is 20.8. The van der Waals surface area contributed by atoms with E-state index in [0.29, 0.717) is 122 Å². The van der Waals surface area contributed by atoms with Crippen molar-refractivity contribution in [2.75, 3.05) is 0 Å². The van der Waals surface area contributed by atoms with Crippen LogP contribution < -0.4 is 0 Å². The van der Waals surface area contributed by atoms with Crippen molar-refractivity contribution >= 4 is 66.4 Å². The molecule has 0 N–H and O–H groups in total. The lowest BCUT2D eigenvalue weighted by molar-refractivity contribution is -0.137. The van der Waals surface area contributed by atoms with E-state index >= 15 is 0 Å². The number of rotatable bonds is 8. The second kappa shape index (κ2) is 22.3. The molecule has 0 fully saturated rings. The number of alkyl halides is 3. The van der Waals surface area contributed by atoms with Crippen LogP contribution in [-0.2, 0) is 6.18 Å². The van der Waals surface area contributed by atoms with Crippen molar-refractivity contribution in [1.82, 2.24) is 9.13 Å².